The fourth-order valence-corrected chi connectivity index (χ4v) is 2.02. The summed E-state index contributed by atoms with van der Waals surface area (Å²) < 4.78 is 37.3. The maximum atomic E-state index is 12.4. The van der Waals surface area contributed by atoms with Gasteiger partial charge in [0, 0.05) is 12.2 Å². The van der Waals surface area contributed by atoms with Gasteiger partial charge in [0.2, 0.25) is 5.95 Å². The minimum Gasteiger partial charge on any atom is -0.351 e. The molecule has 1 aliphatic carbocycles. The van der Waals surface area contributed by atoms with Gasteiger partial charge in [0.05, 0.1) is 0 Å². The van der Waals surface area contributed by atoms with Crippen molar-refractivity contribution in [3.05, 3.63) is 18.0 Å². The molecule has 3 nitrogen and oxygen atoms in total. The minimum atomic E-state index is -4.41. The zero-order valence-electron chi connectivity index (χ0n) is 9.30. The third-order valence-corrected chi connectivity index (χ3v) is 2.88. The summed E-state index contributed by atoms with van der Waals surface area (Å²) in [6.45, 7) is 0. The first-order valence-electron chi connectivity index (χ1n) is 5.72. The highest BCUT2D eigenvalue weighted by atomic mass is 19.4. The van der Waals surface area contributed by atoms with Crippen molar-refractivity contribution in [3.63, 3.8) is 0 Å². The molecule has 1 aliphatic rings. The van der Waals surface area contributed by atoms with Crippen molar-refractivity contribution >= 4 is 5.95 Å². The lowest BCUT2D eigenvalue weighted by molar-refractivity contribution is -0.141. The van der Waals surface area contributed by atoms with Gasteiger partial charge in [-0.25, -0.2) is 9.97 Å². The molecular weight excluding hydrogens is 231 g/mol. The molecule has 1 aromatic heterocycles. The molecule has 1 N–H and O–H groups in total. The first-order chi connectivity index (χ1) is 8.05. The summed E-state index contributed by atoms with van der Waals surface area (Å²) >= 11 is 0. The number of hydrogen-bond acceptors (Lipinski definition) is 3. The summed E-state index contributed by atoms with van der Waals surface area (Å²) in [6, 6.07) is 1.08. The van der Waals surface area contributed by atoms with Crippen molar-refractivity contribution < 1.29 is 13.2 Å². The Balaban J connectivity index is 2.05. The average Bonchev–Trinajstić information content (AvgIpc) is 2.29. The van der Waals surface area contributed by atoms with Gasteiger partial charge in [-0.05, 0) is 18.9 Å². The molecule has 0 amide bonds. The molecule has 1 heterocycles. The highest BCUT2D eigenvalue weighted by Gasteiger charge is 2.32. The Bertz CT molecular complexity index is 372. The molecule has 1 aromatic rings. The molecule has 0 atom stereocenters. The molecule has 94 valence electrons. The molecular formula is C11H14F3N3. The zero-order chi connectivity index (χ0) is 12.3. The van der Waals surface area contributed by atoms with Crippen LogP contribution in [0.3, 0.4) is 0 Å². The van der Waals surface area contributed by atoms with Crippen LogP contribution in [0.5, 0.6) is 0 Å². The van der Waals surface area contributed by atoms with Gasteiger partial charge in [-0.3, -0.25) is 0 Å². The van der Waals surface area contributed by atoms with Crippen LogP contribution in [-0.4, -0.2) is 16.0 Å². The lowest BCUT2D eigenvalue weighted by Crippen LogP contribution is -2.24. The Hall–Kier alpha value is -1.33. The number of alkyl halides is 3. The number of nitrogens with zero attached hydrogens (tertiary/aromatic N) is 2. The van der Waals surface area contributed by atoms with Crippen LogP contribution in [0.1, 0.15) is 37.8 Å². The molecule has 0 aromatic carbocycles. The first kappa shape index (κ1) is 12.1. The van der Waals surface area contributed by atoms with Gasteiger partial charge in [-0.1, -0.05) is 19.3 Å². The van der Waals surface area contributed by atoms with Crippen molar-refractivity contribution in [2.75, 3.05) is 5.32 Å². The number of rotatable bonds is 2. The van der Waals surface area contributed by atoms with E-state index < -0.39 is 11.9 Å². The maximum absolute atomic E-state index is 12.4. The van der Waals surface area contributed by atoms with Crippen LogP contribution < -0.4 is 5.32 Å². The van der Waals surface area contributed by atoms with E-state index in [4.69, 9.17) is 0 Å². The van der Waals surface area contributed by atoms with Gasteiger partial charge >= 0.3 is 6.18 Å². The molecule has 0 aliphatic heterocycles. The molecule has 0 bridgehead atoms. The lowest BCUT2D eigenvalue weighted by atomic mass is 9.96. The van der Waals surface area contributed by atoms with Crippen molar-refractivity contribution in [2.24, 2.45) is 0 Å². The number of hydrogen-bond donors (Lipinski definition) is 1. The Kier molecular flexibility index (Phi) is 3.49. The number of nitrogens with one attached hydrogen (secondary N) is 1. The Morgan fingerprint density at radius 2 is 1.88 bits per heavy atom. The molecule has 0 unspecified atom stereocenters. The normalized spacial score (nSPS) is 18.1. The minimum absolute atomic E-state index is 0.0757. The van der Waals surface area contributed by atoms with Crippen molar-refractivity contribution in [2.45, 2.75) is 44.3 Å². The van der Waals surface area contributed by atoms with Crippen LogP contribution in [0.2, 0.25) is 0 Å². The lowest BCUT2D eigenvalue weighted by Gasteiger charge is -2.22. The summed E-state index contributed by atoms with van der Waals surface area (Å²) in [5, 5.41) is 2.97. The predicted octanol–water partition coefficient (Wildman–Crippen LogP) is 3.24. The summed E-state index contributed by atoms with van der Waals surface area (Å²) in [4.78, 5) is 7.32. The second kappa shape index (κ2) is 4.89. The highest BCUT2D eigenvalue weighted by Crippen LogP contribution is 2.28. The summed E-state index contributed by atoms with van der Waals surface area (Å²) in [6.07, 6.45) is 2.08. The largest absolute Gasteiger partial charge is 0.433 e. The van der Waals surface area contributed by atoms with E-state index in [-0.39, 0.29) is 12.0 Å². The van der Waals surface area contributed by atoms with Crippen LogP contribution >= 0.6 is 0 Å². The second-order valence-electron chi connectivity index (χ2n) is 4.24. The third-order valence-electron chi connectivity index (χ3n) is 2.88. The Labute approximate surface area is 97.5 Å². The topological polar surface area (TPSA) is 37.8 Å². The fourth-order valence-electron chi connectivity index (χ4n) is 2.02. The smallest absolute Gasteiger partial charge is 0.351 e. The summed E-state index contributed by atoms with van der Waals surface area (Å²) in [5.41, 5.74) is -0.897. The quantitative estimate of drug-likeness (QED) is 0.869. The van der Waals surface area contributed by atoms with Crippen molar-refractivity contribution in [3.8, 4) is 0 Å². The maximum Gasteiger partial charge on any atom is 0.433 e. The van der Waals surface area contributed by atoms with Crippen LogP contribution in [0, 0.1) is 0 Å². The van der Waals surface area contributed by atoms with E-state index >= 15 is 0 Å². The summed E-state index contributed by atoms with van der Waals surface area (Å²) in [5.74, 6) is 0.0757. The standard InChI is InChI=1S/C11H14F3N3/c12-11(13,14)9-6-7-15-10(17-9)16-8-4-2-1-3-5-8/h6-8H,1-5H2,(H,15,16,17). The van der Waals surface area contributed by atoms with Crippen LogP contribution in [0.4, 0.5) is 19.1 Å². The van der Waals surface area contributed by atoms with E-state index in [9.17, 15) is 13.2 Å². The van der Waals surface area contributed by atoms with Gasteiger partial charge in [0.25, 0.3) is 0 Å². The van der Waals surface area contributed by atoms with Gasteiger partial charge in [-0.2, -0.15) is 13.2 Å². The van der Waals surface area contributed by atoms with E-state index in [2.05, 4.69) is 15.3 Å². The van der Waals surface area contributed by atoms with Gasteiger partial charge < -0.3 is 5.32 Å². The molecule has 6 heteroatoms. The van der Waals surface area contributed by atoms with E-state index in [1.807, 2.05) is 0 Å². The molecule has 0 spiro atoms. The van der Waals surface area contributed by atoms with E-state index in [0.29, 0.717) is 0 Å². The van der Waals surface area contributed by atoms with Gasteiger partial charge in [0.1, 0.15) is 5.69 Å². The van der Waals surface area contributed by atoms with Gasteiger partial charge in [-0.15, -0.1) is 0 Å². The van der Waals surface area contributed by atoms with Crippen LogP contribution in [-0.2, 0) is 6.18 Å². The first-order valence-corrected chi connectivity index (χ1v) is 5.72. The molecule has 17 heavy (non-hydrogen) atoms. The number of aromatic nitrogens is 2. The van der Waals surface area contributed by atoms with Crippen molar-refractivity contribution in [1.29, 1.82) is 0 Å². The number of halogens is 3. The van der Waals surface area contributed by atoms with Crippen LogP contribution in [0.25, 0.3) is 0 Å². The molecule has 1 fully saturated rings. The molecule has 2 rings (SSSR count). The van der Waals surface area contributed by atoms with Gasteiger partial charge in [0.15, 0.2) is 0 Å². The van der Waals surface area contributed by atoms with E-state index in [1.165, 1.54) is 6.42 Å². The Morgan fingerprint density at radius 1 is 1.18 bits per heavy atom. The summed E-state index contributed by atoms with van der Waals surface area (Å²) in [7, 11) is 0. The highest BCUT2D eigenvalue weighted by molar-refractivity contribution is 5.27. The fraction of sp³-hybridized carbons (Fsp3) is 0.636. The van der Waals surface area contributed by atoms with Crippen LogP contribution in [0.15, 0.2) is 12.3 Å². The monoisotopic (exact) mass is 245 g/mol. The zero-order valence-corrected chi connectivity index (χ0v) is 9.30. The molecule has 0 saturated heterocycles. The molecule has 1 saturated carbocycles. The Morgan fingerprint density at radius 3 is 2.53 bits per heavy atom. The van der Waals surface area contributed by atoms with E-state index in [0.717, 1.165) is 37.9 Å². The van der Waals surface area contributed by atoms with E-state index in [1.54, 1.807) is 0 Å². The van der Waals surface area contributed by atoms with Crippen molar-refractivity contribution in [1.82, 2.24) is 9.97 Å². The average molecular weight is 245 g/mol. The predicted molar refractivity (Wildman–Crippen MR) is 57.5 cm³/mol. The SMILES string of the molecule is FC(F)(F)c1ccnc(NC2CCCCC2)n1. The third kappa shape index (κ3) is 3.31. The molecule has 0 radical (unpaired) electrons. The number of anilines is 1. The second-order valence-corrected chi connectivity index (χ2v) is 4.24.